The van der Waals surface area contributed by atoms with Gasteiger partial charge in [-0.25, -0.2) is 0 Å². The van der Waals surface area contributed by atoms with Crippen molar-refractivity contribution in [3.8, 4) is 0 Å². The Morgan fingerprint density at radius 1 is 0.867 bits per heavy atom. The summed E-state index contributed by atoms with van der Waals surface area (Å²) >= 11 is 6.13. The van der Waals surface area contributed by atoms with Gasteiger partial charge in [0.05, 0.1) is 6.04 Å². The lowest BCUT2D eigenvalue weighted by atomic mass is 9.96. The fraction of sp³-hybridized carbons (Fsp3) is 0.240. The zero-order valence-corrected chi connectivity index (χ0v) is 17.6. The maximum Gasteiger partial charge on any atom is 0.248 e. The number of nitrogens with two attached hydrogens (primary N) is 1. The van der Waals surface area contributed by atoms with Crippen molar-refractivity contribution in [3.63, 3.8) is 0 Å². The van der Waals surface area contributed by atoms with Crippen molar-refractivity contribution in [1.29, 1.82) is 0 Å². The Kier molecular flexibility index (Phi) is 6.48. The first-order valence-electron chi connectivity index (χ1n) is 10.3. The predicted molar refractivity (Wildman–Crippen MR) is 122 cm³/mol. The Morgan fingerprint density at radius 2 is 1.53 bits per heavy atom. The molecule has 1 amide bonds. The van der Waals surface area contributed by atoms with Crippen molar-refractivity contribution in [2.75, 3.05) is 26.2 Å². The number of nitrogens with zero attached hydrogens (tertiary/aromatic N) is 2. The molecule has 1 atom stereocenters. The van der Waals surface area contributed by atoms with E-state index in [0.717, 1.165) is 43.3 Å². The molecule has 0 spiro atoms. The highest BCUT2D eigenvalue weighted by Crippen LogP contribution is 2.30. The van der Waals surface area contributed by atoms with Crippen LogP contribution >= 0.6 is 11.6 Å². The van der Waals surface area contributed by atoms with E-state index in [1.807, 2.05) is 24.3 Å². The number of piperazine rings is 1. The van der Waals surface area contributed by atoms with Crippen LogP contribution in [0.25, 0.3) is 0 Å². The molecule has 1 heterocycles. The average Bonchev–Trinajstić information content (AvgIpc) is 2.77. The Labute approximate surface area is 182 Å². The van der Waals surface area contributed by atoms with Gasteiger partial charge in [-0.15, -0.1) is 0 Å². The highest BCUT2D eigenvalue weighted by molar-refractivity contribution is 6.30. The molecule has 1 fully saturated rings. The summed E-state index contributed by atoms with van der Waals surface area (Å²) in [6.45, 7) is 4.71. The summed E-state index contributed by atoms with van der Waals surface area (Å²) in [5, 5.41) is 0.758. The third-order valence-corrected chi connectivity index (χ3v) is 5.94. The van der Waals surface area contributed by atoms with Gasteiger partial charge in [0.2, 0.25) is 5.91 Å². The zero-order valence-electron chi connectivity index (χ0n) is 16.9. The van der Waals surface area contributed by atoms with Gasteiger partial charge in [0.1, 0.15) is 0 Å². The number of primary amides is 1. The average molecular weight is 420 g/mol. The van der Waals surface area contributed by atoms with Crippen LogP contribution in [0.2, 0.25) is 5.02 Å². The van der Waals surface area contributed by atoms with E-state index in [4.69, 9.17) is 17.3 Å². The van der Waals surface area contributed by atoms with E-state index in [0.29, 0.717) is 5.56 Å². The predicted octanol–water partition coefficient (Wildman–Crippen LogP) is 4.35. The maximum atomic E-state index is 11.4. The van der Waals surface area contributed by atoms with E-state index in [9.17, 15) is 4.79 Å². The minimum Gasteiger partial charge on any atom is -0.366 e. The van der Waals surface area contributed by atoms with E-state index in [-0.39, 0.29) is 11.9 Å². The lowest BCUT2D eigenvalue weighted by Crippen LogP contribution is -2.47. The number of amides is 1. The summed E-state index contributed by atoms with van der Waals surface area (Å²) < 4.78 is 0. The molecule has 1 saturated heterocycles. The van der Waals surface area contributed by atoms with Gasteiger partial charge in [0, 0.05) is 43.3 Å². The first kappa shape index (κ1) is 20.6. The minimum atomic E-state index is -0.379. The van der Waals surface area contributed by atoms with Crippen LogP contribution in [-0.4, -0.2) is 41.9 Å². The second-order valence-electron chi connectivity index (χ2n) is 7.74. The van der Waals surface area contributed by atoms with E-state index in [2.05, 4.69) is 58.3 Å². The van der Waals surface area contributed by atoms with Crippen molar-refractivity contribution in [2.24, 2.45) is 5.73 Å². The normalized spacial score (nSPS) is 16.3. The van der Waals surface area contributed by atoms with Crippen molar-refractivity contribution < 1.29 is 4.79 Å². The Hall–Kier alpha value is -2.66. The topological polar surface area (TPSA) is 49.6 Å². The molecule has 30 heavy (non-hydrogen) atoms. The van der Waals surface area contributed by atoms with Gasteiger partial charge in [-0.2, -0.15) is 0 Å². The summed E-state index contributed by atoms with van der Waals surface area (Å²) in [6.07, 6.45) is 0. The van der Waals surface area contributed by atoms with Crippen molar-refractivity contribution in [3.05, 3.63) is 106 Å². The fourth-order valence-corrected chi connectivity index (χ4v) is 4.28. The summed E-state index contributed by atoms with van der Waals surface area (Å²) in [5.74, 6) is -0.379. The number of hydrogen-bond acceptors (Lipinski definition) is 3. The van der Waals surface area contributed by atoms with E-state index >= 15 is 0 Å². The molecule has 5 heteroatoms. The lowest BCUT2D eigenvalue weighted by Gasteiger charge is -2.40. The third kappa shape index (κ3) is 4.90. The number of halogens is 1. The summed E-state index contributed by atoms with van der Waals surface area (Å²) in [6, 6.07) is 26.7. The summed E-state index contributed by atoms with van der Waals surface area (Å²) in [5.41, 5.74) is 9.66. The molecule has 4 nitrogen and oxygen atoms in total. The third-order valence-electron chi connectivity index (χ3n) is 5.69. The SMILES string of the molecule is NC(=O)c1cccc(CN2CCN(C(c3ccccc3)c3ccc(Cl)cc3)CC2)c1. The van der Waals surface area contributed by atoms with Gasteiger partial charge in [0.25, 0.3) is 0 Å². The molecular weight excluding hydrogens is 394 g/mol. The molecular formula is C25H26ClN3O. The molecule has 3 aromatic carbocycles. The van der Waals surface area contributed by atoms with Crippen LogP contribution in [0.4, 0.5) is 0 Å². The lowest BCUT2D eigenvalue weighted by molar-refractivity contribution is 0.0998. The van der Waals surface area contributed by atoms with Crippen LogP contribution in [0, 0.1) is 0 Å². The molecule has 0 aromatic heterocycles. The first-order chi connectivity index (χ1) is 14.6. The maximum absolute atomic E-state index is 11.4. The van der Waals surface area contributed by atoms with E-state index < -0.39 is 0 Å². The molecule has 3 aromatic rings. The quantitative estimate of drug-likeness (QED) is 0.646. The molecule has 1 aliphatic rings. The van der Waals surface area contributed by atoms with Gasteiger partial charge in [-0.3, -0.25) is 14.6 Å². The van der Waals surface area contributed by atoms with Gasteiger partial charge in [0.15, 0.2) is 0 Å². The van der Waals surface area contributed by atoms with Crippen molar-refractivity contribution in [1.82, 2.24) is 9.80 Å². The molecule has 0 radical (unpaired) electrons. The number of carbonyl (C=O) groups is 1. The van der Waals surface area contributed by atoms with Crippen molar-refractivity contribution in [2.45, 2.75) is 12.6 Å². The van der Waals surface area contributed by atoms with Crippen LogP contribution in [-0.2, 0) is 6.54 Å². The van der Waals surface area contributed by atoms with E-state index in [1.165, 1.54) is 11.1 Å². The number of rotatable bonds is 6. The molecule has 4 rings (SSSR count). The standard InChI is InChI=1S/C25H26ClN3O/c26-23-11-9-21(10-12-23)24(20-6-2-1-3-7-20)29-15-13-28(14-16-29)18-19-5-4-8-22(17-19)25(27)30/h1-12,17,24H,13-16,18H2,(H2,27,30). The summed E-state index contributed by atoms with van der Waals surface area (Å²) in [7, 11) is 0. The highest BCUT2D eigenvalue weighted by atomic mass is 35.5. The highest BCUT2D eigenvalue weighted by Gasteiger charge is 2.26. The molecule has 154 valence electrons. The molecule has 0 aliphatic carbocycles. The van der Waals surface area contributed by atoms with Crippen LogP contribution in [0.5, 0.6) is 0 Å². The zero-order chi connectivity index (χ0) is 20.9. The van der Waals surface area contributed by atoms with Crippen LogP contribution < -0.4 is 5.73 Å². The molecule has 0 saturated carbocycles. The minimum absolute atomic E-state index is 0.212. The molecule has 0 bridgehead atoms. The summed E-state index contributed by atoms with van der Waals surface area (Å²) in [4.78, 5) is 16.4. The number of benzene rings is 3. The number of carbonyl (C=O) groups excluding carboxylic acids is 1. The van der Waals surface area contributed by atoms with Crippen molar-refractivity contribution >= 4 is 17.5 Å². The molecule has 1 aliphatic heterocycles. The Morgan fingerprint density at radius 3 is 2.20 bits per heavy atom. The second-order valence-corrected chi connectivity index (χ2v) is 8.18. The molecule has 2 N–H and O–H groups in total. The van der Waals surface area contributed by atoms with Gasteiger partial charge in [-0.05, 0) is 41.0 Å². The van der Waals surface area contributed by atoms with Crippen LogP contribution in [0.1, 0.15) is 33.1 Å². The van der Waals surface area contributed by atoms with Gasteiger partial charge >= 0.3 is 0 Å². The Bertz CT molecular complexity index is 983. The Balaban J connectivity index is 1.47. The van der Waals surface area contributed by atoms with Gasteiger partial charge < -0.3 is 5.73 Å². The first-order valence-corrected chi connectivity index (χ1v) is 10.6. The molecule has 1 unspecified atom stereocenters. The largest absolute Gasteiger partial charge is 0.366 e. The smallest absolute Gasteiger partial charge is 0.248 e. The van der Waals surface area contributed by atoms with Crippen LogP contribution in [0.15, 0.2) is 78.9 Å². The van der Waals surface area contributed by atoms with E-state index in [1.54, 1.807) is 6.07 Å². The fourth-order valence-electron chi connectivity index (χ4n) is 4.16. The van der Waals surface area contributed by atoms with Gasteiger partial charge in [-0.1, -0.05) is 66.2 Å². The second kappa shape index (κ2) is 9.43. The monoisotopic (exact) mass is 419 g/mol. The van der Waals surface area contributed by atoms with Crippen LogP contribution in [0.3, 0.4) is 0 Å². The number of hydrogen-bond donors (Lipinski definition) is 1.